The molecular weight excluding hydrogens is 206 g/mol. The van der Waals surface area contributed by atoms with Crippen molar-refractivity contribution in [2.45, 2.75) is 32.5 Å². The smallest absolute Gasteiger partial charge is 0.213 e. The zero-order chi connectivity index (χ0) is 12.0. The predicted molar refractivity (Wildman–Crippen MR) is 61.4 cm³/mol. The first-order valence-electron chi connectivity index (χ1n) is 5.32. The number of methoxy groups -OCH3 is 1. The monoisotopic (exact) mass is 225 g/mol. The Morgan fingerprint density at radius 3 is 2.75 bits per heavy atom. The van der Waals surface area contributed by atoms with Crippen molar-refractivity contribution in [1.29, 1.82) is 0 Å². The highest BCUT2D eigenvalue weighted by Crippen LogP contribution is 2.14. The summed E-state index contributed by atoms with van der Waals surface area (Å²) in [6.07, 6.45) is 0.786. The van der Waals surface area contributed by atoms with Crippen LogP contribution in [0.4, 0.5) is 0 Å². The summed E-state index contributed by atoms with van der Waals surface area (Å²) in [5.74, 6) is 0.540. The first kappa shape index (κ1) is 12.9. The van der Waals surface area contributed by atoms with Crippen LogP contribution in [0.5, 0.6) is 5.88 Å². The highest BCUT2D eigenvalue weighted by atomic mass is 16.5. The molecule has 4 nitrogen and oxygen atoms in total. The average molecular weight is 225 g/mol. The lowest BCUT2D eigenvalue weighted by atomic mass is 10.1. The molecule has 16 heavy (non-hydrogen) atoms. The molecule has 0 bridgehead atoms. The molecule has 0 spiro atoms. The molecule has 0 saturated heterocycles. The van der Waals surface area contributed by atoms with Gasteiger partial charge in [-0.3, -0.25) is 0 Å². The van der Waals surface area contributed by atoms with Crippen LogP contribution in [-0.2, 0) is 11.3 Å². The quantitative estimate of drug-likeness (QED) is 0.801. The van der Waals surface area contributed by atoms with Crippen molar-refractivity contribution >= 4 is 0 Å². The second-order valence-electron chi connectivity index (χ2n) is 4.19. The number of ether oxygens (including phenoxy) is 2. The highest BCUT2D eigenvalue weighted by Gasteiger charge is 2.16. The van der Waals surface area contributed by atoms with Gasteiger partial charge in [0.25, 0.3) is 0 Å². The Labute approximate surface area is 96.2 Å². The number of aromatic nitrogens is 1. The molecule has 0 saturated carbocycles. The van der Waals surface area contributed by atoms with Crippen LogP contribution >= 0.6 is 0 Å². The summed E-state index contributed by atoms with van der Waals surface area (Å²) >= 11 is 0. The van der Waals surface area contributed by atoms with E-state index in [0.29, 0.717) is 18.2 Å². The zero-order valence-electron chi connectivity index (χ0n) is 10.1. The largest absolute Gasteiger partial charge is 0.478 e. The number of pyridine rings is 1. The second-order valence-corrected chi connectivity index (χ2v) is 4.19. The molecule has 1 aromatic heterocycles. The Balaban J connectivity index is 2.42. The summed E-state index contributed by atoms with van der Waals surface area (Å²) in [5, 5.41) is 8.92. The molecule has 1 heterocycles. The number of nitrogens with zero attached hydrogens (tertiary/aromatic N) is 1. The van der Waals surface area contributed by atoms with Crippen LogP contribution in [-0.4, -0.2) is 29.4 Å². The van der Waals surface area contributed by atoms with Gasteiger partial charge in [0.1, 0.15) is 0 Å². The molecule has 0 aliphatic heterocycles. The maximum absolute atomic E-state index is 8.92. The Morgan fingerprint density at radius 2 is 2.12 bits per heavy atom. The van der Waals surface area contributed by atoms with Gasteiger partial charge in [0.2, 0.25) is 5.88 Å². The van der Waals surface area contributed by atoms with Crippen molar-refractivity contribution in [3.8, 4) is 5.88 Å². The van der Waals surface area contributed by atoms with Gasteiger partial charge in [-0.05, 0) is 19.9 Å². The SMILES string of the molecule is COC(C)(C)CCOc1cccc(CO)n1. The van der Waals surface area contributed by atoms with Gasteiger partial charge in [0.05, 0.1) is 24.5 Å². The van der Waals surface area contributed by atoms with Gasteiger partial charge < -0.3 is 14.6 Å². The van der Waals surface area contributed by atoms with Gasteiger partial charge in [-0.1, -0.05) is 6.07 Å². The average Bonchev–Trinajstić information content (AvgIpc) is 2.29. The molecule has 0 unspecified atom stereocenters. The minimum atomic E-state index is -0.186. The van der Waals surface area contributed by atoms with Crippen molar-refractivity contribution in [2.75, 3.05) is 13.7 Å². The number of hydrogen-bond donors (Lipinski definition) is 1. The van der Waals surface area contributed by atoms with Crippen LogP contribution in [0.25, 0.3) is 0 Å². The molecule has 0 fully saturated rings. The van der Waals surface area contributed by atoms with E-state index in [9.17, 15) is 0 Å². The van der Waals surface area contributed by atoms with Crippen LogP contribution in [0.1, 0.15) is 26.0 Å². The molecule has 0 amide bonds. The van der Waals surface area contributed by atoms with E-state index in [2.05, 4.69) is 4.98 Å². The zero-order valence-corrected chi connectivity index (χ0v) is 10.1. The molecule has 0 aliphatic carbocycles. The van der Waals surface area contributed by atoms with Crippen molar-refractivity contribution in [2.24, 2.45) is 0 Å². The van der Waals surface area contributed by atoms with Gasteiger partial charge >= 0.3 is 0 Å². The number of aliphatic hydroxyl groups is 1. The normalized spacial score (nSPS) is 11.5. The molecule has 0 aliphatic rings. The maximum Gasteiger partial charge on any atom is 0.213 e. The molecule has 0 aromatic carbocycles. The van der Waals surface area contributed by atoms with Crippen LogP contribution < -0.4 is 4.74 Å². The van der Waals surface area contributed by atoms with Crippen molar-refractivity contribution in [3.05, 3.63) is 23.9 Å². The Kier molecular flexibility index (Phi) is 4.71. The van der Waals surface area contributed by atoms with E-state index in [1.54, 1.807) is 19.2 Å². The molecular formula is C12H19NO3. The number of aliphatic hydroxyl groups excluding tert-OH is 1. The molecule has 4 heteroatoms. The van der Waals surface area contributed by atoms with Crippen LogP contribution in [0.2, 0.25) is 0 Å². The minimum Gasteiger partial charge on any atom is -0.478 e. The highest BCUT2D eigenvalue weighted by molar-refractivity contribution is 5.15. The summed E-state index contributed by atoms with van der Waals surface area (Å²) in [5.41, 5.74) is 0.428. The predicted octanol–water partition coefficient (Wildman–Crippen LogP) is 1.77. The van der Waals surface area contributed by atoms with Gasteiger partial charge in [-0.15, -0.1) is 0 Å². The summed E-state index contributed by atoms with van der Waals surface area (Å²) in [6.45, 7) is 4.49. The van der Waals surface area contributed by atoms with Gasteiger partial charge in [0, 0.05) is 19.6 Å². The van der Waals surface area contributed by atoms with Gasteiger partial charge in [-0.2, -0.15) is 0 Å². The first-order chi connectivity index (χ1) is 7.57. The Morgan fingerprint density at radius 1 is 1.38 bits per heavy atom. The summed E-state index contributed by atoms with van der Waals surface area (Å²) in [6, 6.07) is 5.35. The lowest BCUT2D eigenvalue weighted by Crippen LogP contribution is -2.25. The molecule has 1 rings (SSSR count). The lowest BCUT2D eigenvalue weighted by Gasteiger charge is -2.22. The van der Waals surface area contributed by atoms with Gasteiger partial charge in [-0.25, -0.2) is 4.98 Å². The molecule has 1 aromatic rings. The van der Waals surface area contributed by atoms with Crippen molar-refractivity contribution in [3.63, 3.8) is 0 Å². The fraction of sp³-hybridized carbons (Fsp3) is 0.583. The third-order valence-electron chi connectivity index (χ3n) is 2.45. The maximum atomic E-state index is 8.92. The minimum absolute atomic E-state index is 0.0687. The molecule has 0 radical (unpaired) electrons. The third kappa shape index (κ3) is 4.16. The molecule has 0 atom stereocenters. The third-order valence-corrected chi connectivity index (χ3v) is 2.45. The van der Waals surface area contributed by atoms with E-state index in [1.807, 2.05) is 19.9 Å². The fourth-order valence-electron chi connectivity index (χ4n) is 1.13. The molecule has 90 valence electrons. The van der Waals surface area contributed by atoms with Crippen molar-refractivity contribution in [1.82, 2.24) is 4.98 Å². The van der Waals surface area contributed by atoms with Crippen LogP contribution in [0, 0.1) is 0 Å². The van der Waals surface area contributed by atoms with E-state index < -0.39 is 0 Å². The fourth-order valence-corrected chi connectivity index (χ4v) is 1.13. The molecule has 1 N–H and O–H groups in total. The van der Waals surface area contributed by atoms with E-state index >= 15 is 0 Å². The van der Waals surface area contributed by atoms with Crippen molar-refractivity contribution < 1.29 is 14.6 Å². The van der Waals surface area contributed by atoms with E-state index in [1.165, 1.54) is 0 Å². The Bertz CT molecular complexity index is 326. The van der Waals surface area contributed by atoms with Gasteiger partial charge in [0.15, 0.2) is 0 Å². The van der Waals surface area contributed by atoms with E-state index in [-0.39, 0.29) is 12.2 Å². The summed E-state index contributed by atoms with van der Waals surface area (Å²) in [4.78, 5) is 4.12. The summed E-state index contributed by atoms with van der Waals surface area (Å²) < 4.78 is 10.8. The lowest BCUT2D eigenvalue weighted by molar-refractivity contribution is 0.00505. The first-order valence-corrected chi connectivity index (χ1v) is 5.32. The standard InChI is InChI=1S/C12H19NO3/c1-12(2,15-3)7-8-16-11-6-4-5-10(9-14)13-11/h4-6,14H,7-9H2,1-3H3. The number of rotatable bonds is 6. The Hall–Kier alpha value is -1.13. The van der Waals surface area contributed by atoms with E-state index in [4.69, 9.17) is 14.6 Å². The van der Waals surface area contributed by atoms with Crippen LogP contribution in [0.15, 0.2) is 18.2 Å². The topological polar surface area (TPSA) is 51.6 Å². The second kappa shape index (κ2) is 5.82. The van der Waals surface area contributed by atoms with E-state index in [0.717, 1.165) is 6.42 Å². The van der Waals surface area contributed by atoms with Crippen LogP contribution in [0.3, 0.4) is 0 Å². The number of hydrogen-bond acceptors (Lipinski definition) is 4. The summed E-state index contributed by atoms with van der Waals surface area (Å²) in [7, 11) is 1.69.